The van der Waals surface area contributed by atoms with Gasteiger partial charge in [-0.3, -0.25) is 20.4 Å². The largest absolute Gasteiger partial charge is 0.494 e. The van der Waals surface area contributed by atoms with Gasteiger partial charge in [-0.15, -0.1) is 0 Å². The molecule has 0 aromatic heterocycles. The molecule has 2 aromatic carbocycles. The van der Waals surface area contributed by atoms with Gasteiger partial charge < -0.3 is 14.2 Å². The number of nitrogens with one attached hydrogen (secondary N) is 2. The van der Waals surface area contributed by atoms with Crippen LogP contribution < -0.4 is 20.3 Å². The third kappa shape index (κ3) is 4.71. The molecule has 1 aliphatic heterocycles. The highest BCUT2D eigenvalue weighted by Gasteiger charge is 2.42. The second-order valence-electron chi connectivity index (χ2n) is 7.06. The Labute approximate surface area is 174 Å². The monoisotopic (exact) mass is 412 g/mol. The van der Waals surface area contributed by atoms with Gasteiger partial charge in [0.1, 0.15) is 11.5 Å². The number of hydrogen-bond donors (Lipinski definition) is 2. The van der Waals surface area contributed by atoms with Crippen LogP contribution in [-0.4, -0.2) is 36.1 Å². The first-order valence-electron chi connectivity index (χ1n) is 9.63. The minimum absolute atomic E-state index is 0.203. The van der Waals surface area contributed by atoms with Gasteiger partial charge in [0.15, 0.2) is 11.7 Å². The molecule has 0 aliphatic carbocycles. The standard InChI is InChI=1S/C22H24N2O6/c1-4-28-16-9-11-17(12-10-16)29-14(2)19(25)23-24-21(27)22(3)13-15-7-5-6-8-18(15)20(26)30-22/h5-12,14H,4,13H2,1-3H3,(H,23,25)(H,24,27). The third-order valence-electron chi connectivity index (χ3n) is 4.68. The number of hydrogen-bond acceptors (Lipinski definition) is 6. The van der Waals surface area contributed by atoms with Gasteiger partial charge in [0.2, 0.25) is 0 Å². The van der Waals surface area contributed by atoms with E-state index in [4.69, 9.17) is 14.2 Å². The molecular weight excluding hydrogens is 388 g/mol. The van der Waals surface area contributed by atoms with Crippen molar-refractivity contribution in [1.29, 1.82) is 0 Å². The summed E-state index contributed by atoms with van der Waals surface area (Å²) >= 11 is 0. The minimum atomic E-state index is -1.43. The van der Waals surface area contributed by atoms with Crippen LogP contribution in [0.2, 0.25) is 0 Å². The summed E-state index contributed by atoms with van der Waals surface area (Å²) in [7, 11) is 0. The van der Waals surface area contributed by atoms with E-state index in [0.717, 1.165) is 0 Å². The zero-order valence-corrected chi connectivity index (χ0v) is 17.1. The van der Waals surface area contributed by atoms with Crippen LogP contribution in [0.1, 0.15) is 36.7 Å². The van der Waals surface area contributed by atoms with Crippen molar-refractivity contribution in [3.63, 3.8) is 0 Å². The number of carbonyl (C=O) groups is 3. The Kier molecular flexibility index (Phi) is 6.25. The molecule has 0 saturated heterocycles. The zero-order valence-electron chi connectivity index (χ0n) is 17.1. The molecule has 30 heavy (non-hydrogen) atoms. The molecule has 2 atom stereocenters. The second-order valence-corrected chi connectivity index (χ2v) is 7.06. The van der Waals surface area contributed by atoms with Crippen molar-refractivity contribution >= 4 is 17.8 Å². The molecule has 0 radical (unpaired) electrons. The van der Waals surface area contributed by atoms with Gasteiger partial charge in [-0.2, -0.15) is 0 Å². The highest BCUT2D eigenvalue weighted by atomic mass is 16.6. The molecule has 0 fully saturated rings. The third-order valence-corrected chi connectivity index (χ3v) is 4.68. The van der Waals surface area contributed by atoms with Gasteiger partial charge in [0, 0.05) is 6.42 Å². The predicted octanol–water partition coefficient (Wildman–Crippen LogP) is 2.17. The summed E-state index contributed by atoms with van der Waals surface area (Å²) in [4.78, 5) is 37.1. The number of carbonyl (C=O) groups excluding carboxylic acids is 3. The van der Waals surface area contributed by atoms with Crippen molar-refractivity contribution in [3.8, 4) is 11.5 Å². The van der Waals surface area contributed by atoms with Gasteiger partial charge in [-0.05, 0) is 56.7 Å². The number of rotatable bonds is 6. The fraction of sp³-hybridized carbons (Fsp3) is 0.318. The van der Waals surface area contributed by atoms with Crippen LogP contribution >= 0.6 is 0 Å². The van der Waals surface area contributed by atoms with Crippen molar-refractivity contribution in [3.05, 3.63) is 59.7 Å². The Hall–Kier alpha value is -3.55. The molecule has 3 rings (SSSR count). The number of amides is 2. The molecule has 2 amide bonds. The van der Waals surface area contributed by atoms with E-state index in [9.17, 15) is 14.4 Å². The maximum Gasteiger partial charge on any atom is 0.339 e. The van der Waals surface area contributed by atoms with E-state index < -0.39 is 29.5 Å². The molecule has 1 aliphatic rings. The topological polar surface area (TPSA) is 103 Å². The molecule has 8 nitrogen and oxygen atoms in total. The van der Waals surface area contributed by atoms with E-state index >= 15 is 0 Å². The van der Waals surface area contributed by atoms with Crippen molar-refractivity contribution in [1.82, 2.24) is 10.9 Å². The van der Waals surface area contributed by atoms with Crippen LogP contribution in [0, 0.1) is 0 Å². The quantitative estimate of drug-likeness (QED) is 0.557. The van der Waals surface area contributed by atoms with Gasteiger partial charge in [-0.25, -0.2) is 4.79 Å². The summed E-state index contributed by atoms with van der Waals surface area (Å²) in [6.45, 7) is 5.50. The number of esters is 1. The highest BCUT2D eigenvalue weighted by Crippen LogP contribution is 2.28. The first kappa shape index (κ1) is 21.2. The normalized spacial score (nSPS) is 18.4. The molecule has 0 bridgehead atoms. The lowest BCUT2D eigenvalue weighted by Gasteiger charge is -2.33. The maximum absolute atomic E-state index is 12.6. The number of cyclic esters (lactones) is 1. The summed E-state index contributed by atoms with van der Waals surface area (Å²) in [6.07, 6.45) is -0.667. The Morgan fingerprint density at radius 3 is 2.47 bits per heavy atom. The van der Waals surface area contributed by atoms with Crippen molar-refractivity contribution in [2.45, 2.75) is 38.9 Å². The molecule has 2 aromatic rings. The van der Waals surface area contributed by atoms with E-state index in [1.807, 2.05) is 6.92 Å². The average Bonchev–Trinajstić information content (AvgIpc) is 2.73. The van der Waals surface area contributed by atoms with E-state index in [-0.39, 0.29) is 6.42 Å². The first-order chi connectivity index (χ1) is 14.3. The average molecular weight is 412 g/mol. The summed E-state index contributed by atoms with van der Waals surface area (Å²) in [5.74, 6) is -0.577. The second kappa shape index (κ2) is 8.86. The number of fused-ring (bicyclic) bond motifs is 1. The maximum atomic E-state index is 12.6. The zero-order chi connectivity index (χ0) is 21.7. The van der Waals surface area contributed by atoms with Crippen molar-refractivity contribution < 1.29 is 28.6 Å². The summed E-state index contributed by atoms with van der Waals surface area (Å²) < 4.78 is 16.3. The minimum Gasteiger partial charge on any atom is -0.494 e. The van der Waals surface area contributed by atoms with Crippen LogP contribution in [0.4, 0.5) is 0 Å². The van der Waals surface area contributed by atoms with Gasteiger partial charge in [0.25, 0.3) is 11.8 Å². The smallest absolute Gasteiger partial charge is 0.339 e. The lowest BCUT2D eigenvalue weighted by Crippen LogP contribution is -2.57. The van der Waals surface area contributed by atoms with Crippen molar-refractivity contribution in [2.24, 2.45) is 0 Å². The number of ether oxygens (including phenoxy) is 3. The Morgan fingerprint density at radius 2 is 1.77 bits per heavy atom. The van der Waals surface area contributed by atoms with Crippen molar-refractivity contribution in [2.75, 3.05) is 6.61 Å². The van der Waals surface area contributed by atoms with Gasteiger partial charge >= 0.3 is 5.97 Å². The number of hydrazine groups is 1. The molecule has 1 heterocycles. The lowest BCUT2D eigenvalue weighted by molar-refractivity contribution is -0.144. The fourth-order valence-electron chi connectivity index (χ4n) is 3.05. The van der Waals surface area contributed by atoms with Crippen LogP contribution in [0.15, 0.2) is 48.5 Å². The predicted molar refractivity (Wildman–Crippen MR) is 108 cm³/mol. The lowest BCUT2D eigenvalue weighted by atomic mass is 9.89. The molecule has 0 spiro atoms. The van der Waals surface area contributed by atoms with Gasteiger partial charge in [0.05, 0.1) is 12.2 Å². The summed E-state index contributed by atoms with van der Waals surface area (Å²) in [5.41, 5.74) is 4.35. The van der Waals surface area contributed by atoms with Crippen LogP contribution in [0.25, 0.3) is 0 Å². The fourth-order valence-corrected chi connectivity index (χ4v) is 3.05. The molecule has 0 saturated carbocycles. The Balaban J connectivity index is 1.55. The highest BCUT2D eigenvalue weighted by molar-refractivity contribution is 5.98. The summed E-state index contributed by atoms with van der Waals surface area (Å²) in [6, 6.07) is 13.8. The Bertz CT molecular complexity index is 943. The molecule has 2 unspecified atom stereocenters. The van der Waals surface area contributed by atoms with Crippen LogP contribution in [0.3, 0.4) is 0 Å². The first-order valence-corrected chi connectivity index (χ1v) is 9.63. The molecular formula is C22H24N2O6. The molecule has 158 valence electrons. The van der Waals surface area contributed by atoms with Crippen LogP contribution in [-0.2, 0) is 20.7 Å². The summed E-state index contributed by atoms with van der Waals surface area (Å²) in [5, 5.41) is 0. The van der Waals surface area contributed by atoms with E-state index in [1.165, 1.54) is 6.92 Å². The molecule has 2 N–H and O–H groups in total. The van der Waals surface area contributed by atoms with Crippen LogP contribution in [0.5, 0.6) is 11.5 Å². The van der Waals surface area contributed by atoms with E-state index in [0.29, 0.717) is 29.2 Å². The van der Waals surface area contributed by atoms with E-state index in [1.54, 1.807) is 55.5 Å². The SMILES string of the molecule is CCOc1ccc(OC(C)C(=O)NNC(=O)C2(C)Cc3ccccc3C(=O)O2)cc1. The molecule has 8 heteroatoms. The van der Waals surface area contributed by atoms with Gasteiger partial charge in [-0.1, -0.05) is 18.2 Å². The Morgan fingerprint density at radius 1 is 1.10 bits per heavy atom. The van der Waals surface area contributed by atoms with E-state index in [2.05, 4.69) is 10.9 Å². The number of benzene rings is 2.